The van der Waals surface area contributed by atoms with Crippen molar-refractivity contribution >= 4 is 5.97 Å². The third-order valence-electron chi connectivity index (χ3n) is 3.19. The van der Waals surface area contributed by atoms with Crippen LogP contribution in [0.1, 0.15) is 37.8 Å². The molecule has 0 aliphatic rings. The minimum atomic E-state index is -0.802. The number of aliphatic carboxylic acids is 1. The molecule has 1 atom stereocenters. The average molecular weight is 266 g/mol. The largest absolute Gasteiger partial charge is 0.496 e. The van der Waals surface area contributed by atoms with E-state index in [4.69, 9.17) is 14.6 Å². The fourth-order valence-corrected chi connectivity index (χ4v) is 2.17. The van der Waals surface area contributed by atoms with Crippen molar-refractivity contribution in [3.63, 3.8) is 0 Å². The van der Waals surface area contributed by atoms with Gasteiger partial charge in [-0.1, -0.05) is 26.8 Å². The number of carboxylic acid groups (broad SMARTS) is 1. The number of rotatable bonds is 6. The van der Waals surface area contributed by atoms with E-state index >= 15 is 0 Å². The molecule has 4 heteroatoms. The second kappa shape index (κ2) is 6.45. The molecule has 19 heavy (non-hydrogen) atoms. The van der Waals surface area contributed by atoms with E-state index in [9.17, 15) is 4.79 Å². The minimum absolute atomic E-state index is 0.241. The van der Waals surface area contributed by atoms with E-state index in [1.807, 2.05) is 12.1 Å². The van der Waals surface area contributed by atoms with Crippen molar-refractivity contribution in [3.8, 4) is 11.5 Å². The molecule has 0 saturated carbocycles. The highest BCUT2D eigenvalue weighted by Crippen LogP contribution is 2.38. The summed E-state index contributed by atoms with van der Waals surface area (Å²) in [6.45, 7) is 5.82. The first-order valence-corrected chi connectivity index (χ1v) is 6.38. The summed E-state index contributed by atoms with van der Waals surface area (Å²) < 4.78 is 10.8. The normalized spacial score (nSPS) is 12.3. The van der Waals surface area contributed by atoms with Gasteiger partial charge in [0.2, 0.25) is 0 Å². The van der Waals surface area contributed by atoms with Crippen LogP contribution in [0.25, 0.3) is 0 Å². The molecule has 0 amide bonds. The van der Waals surface area contributed by atoms with Gasteiger partial charge < -0.3 is 14.6 Å². The Morgan fingerprint density at radius 1 is 1.21 bits per heavy atom. The van der Waals surface area contributed by atoms with Crippen molar-refractivity contribution in [3.05, 3.63) is 23.3 Å². The molecule has 0 fully saturated rings. The zero-order valence-electron chi connectivity index (χ0n) is 12.2. The van der Waals surface area contributed by atoms with Crippen LogP contribution < -0.4 is 9.47 Å². The first-order valence-electron chi connectivity index (χ1n) is 6.38. The standard InChI is InChI=1S/C15H22O4/c1-9(2)13-12(18-4)7-6-11(14(13)19-5)8-10(3)15(16)17/h6-7,9-10H,8H2,1-5H3,(H,16,17). The highest BCUT2D eigenvalue weighted by atomic mass is 16.5. The van der Waals surface area contributed by atoms with Crippen molar-refractivity contribution < 1.29 is 19.4 Å². The summed E-state index contributed by atoms with van der Waals surface area (Å²) in [4.78, 5) is 11.0. The first kappa shape index (κ1) is 15.3. The molecule has 1 aromatic rings. The van der Waals surface area contributed by atoms with Gasteiger partial charge in [0.25, 0.3) is 0 Å². The quantitative estimate of drug-likeness (QED) is 0.859. The summed E-state index contributed by atoms with van der Waals surface area (Å²) in [5.74, 6) is 0.511. The van der Waals surface area contributed by atoms with Gasteiger partial charge in [0, 0.05) is 5.56 Å². The Bertz CT molecular complexity index is 452. The average Bonchev–Trinajstić information content (AvgIpc) is 2.37. The highest BCUT2D eigenvalue weighted by molar-refractivity contribution is 5.70. The lowest BCUT2D eigenvalue weighted by Gasteiger charge is -2.20. The SMILES string of the molecule is COc1ccc(CC(C)C(=O)O)c(OC)c1C(C)C. The van der Waals surface area contributed by atoms with Crippen molar-refractivity contribution in [2.24, 2.45) is 5.92 Å². The van der Waals surface area contributed by atoms with E-state index < -0.39 is 11.9 Å². The third-order valence-corrected chi connectivity index (χ3v) is 3.19. The van der Waals surface area contributed by atoms with Crippen molar-refractivity contribution in [1.82, 2.24) is 0 Å². The smallest absolute Gasteiger partial charge is 0.306 e. The topological polar surface area (TPSA) is 55.8 Å². The number of hydrogen-bond acceptors (Lipinski definition) is 3. The summed E-state index contributed by atoms with van der Waals surface area (Å²) in [5.41, 5.74) is 1.89. The van der Waals surface area contributed by atoms with Crippen LogP contribution in [0.4, 0.5) is 0 Å². The van der Waals surface area contributed by atoms with Crippen LogP contribution in [-0.4, -0.2) is 25.3 Å². The van der Waals surface area contributed by atoms with E-state index in [2.05, 4.69) is 13.8 Å². The predicted octanol–water partition coefficient (Wildman–Crippen LogP) is 3.09. The summed E-state index contributed by atoms with van der Waals surface area (Å²) in [6, 6.07) is 3.75. The van der Waals surface area contributed by atoms with Gasteiger partial charge in [-0.2, -0.15) is 0 Å². The monoisotopic (exact) mass is 266 g/mol. The first-order chi connectivity index (χ1) is 8.92. The maximum atomic E-state index is 11.0. The summed E-state index contributed by atoms with van der Waals surface area (Å²) in [6.07, 6.45) is 0.447. The van der Waals surface area contributed by atoms with Gasteiger partial charge in [-0.3, -0.25) is 4.79 Å². The summed E-state index contributed by atoms with van der Waals surface area (Å²) in [5, 5.41) is 9.02. The van der Waals surface area contributed by atoms with Crippen molar-refractivity contribution in [2.75, 3.05) is 14.2 Å². The van der Waals surface area contributed by atoms with E-state index in [-0.39, 0.29) is 5.92 Å². The third kappa shape index (κ3) is 3.40. The number of hydrogen-bond donors (Lipinski definition) is 1. The molecule has 0 bridgehead atoms. The molecule has 0 aliphatic heterocycles. The Morgan fingerprint density at radius 2 is 1.84 bits per heavy atom. The van der Waals surface area contributed by atoms with Crippen LogP contribution >= 0.6 is 0 Å². The van der Waals surface area contributed by atoms with E-state index in [0.29, 0.717) is 6.42 Å². The zero-order chi connectivity index (χ0) is 14.6. The molecule has 0 aliphatic carbocycles. The Balaban J connectivity index is 3.26. The lowest BCUT2D eigenvalue weighted by atomic mass is 9.93. The Kier molecular flexibility index (Phi) is 5.21. The Hall–Kier alpha value is -1.71. The molecule has 106 valence electrons. The molecule has 0 saturated heterocycles. The van der Waals surface area contributed by atoms with Crippen molar-refractivity contribution in [2.45, 2.75) is 33.1 Å². The van der Waals surface area contributed by atoms with Crippen LogP contribution in [0.5, 0.6) is 11.5 Å². The maximum absolute atomic E-state index is 11.0. The second-order valence-corrected chi connectivity index (χ2v) is 4.97. The Morgan fingerprint density at radius 3 is 2.26 bits per heavy atom. The molecule has 0 aromatic heterocycles. The molecule has 0 spiro atoms. The van der Waals surface area contributed by atoms with Crippen LogP contribution in [0.2, 0.25) is 0 Å². The zero-order valence-corrected chi connectivity index (χ0v) is 12.2. The van der Waals surface area contributed by atoms with Gasteiger partial charge in [0.15, 0.2) is 0 Å². The predicted molar refractivity (Wildman–Crippen MR) is 74.1 cm³/mol. The van der Waals surface area contributed by atoms with Gasteiger partial charge in [-0.25, -0.2) is 0 Å². The van der Waals surface area contributed by atoms with Crippen LogP contribution in [0.3, 0.4) is 0 Å². The van der Waals surface area contributed by atoms with Crippen LogP contribution in [-0.2, 0) is 11.2 Å². The fourth-order valence-electron chi connectivity index (χ4n) is 2.17. The van der Waals surface area contributed by atoms with Crippen LogP contribution in [0, 0.1) is 5.92 Å². The molecule has 0 heterocycles. The molecule has 1 rings (SSSR count). The number of methoxy groups -OCH3 is 2. The summed E-state index contributed by atoms with van der Waals surface area (Å²) >= 11 is 0. The van der Waals surface area contributed by atoms with Crippen LogP contribution in [0.15, 0.2) is 12.1 Å². The highest BCUT2D eigenvalue weighted by Gasteiger charge is 2.20. The molecule has 1 unspecified atom stereocenters. The molecule has 0 radical (unpaired) electrons. The lowest BCUT2D eigenvalue weighted by Crippen LogP contribution is -2.13. The fraction of sp³-hybridized carbons (Fsp3) is 0.533. The molecule has 1 N–H and O–H groups in total. The maximum Gasteiger partial charge on any atom is 0.306 e. The van der Waals surface area contributed by atoms with E-state index in [1.165, 1.54) is 0 Å². The molecule has 1 aromatic carbocycles. The van der Waals surface area contributed by atoms with Gasteiger partial charge in [-0.15, -0.1) is 0 Å². The van der Waals surface area contributed by atoms with Crippen molar-refractivity contribution in [1.29, 1.82) is 0 Å². The number of benzene rings is 1. The van der Waals surface area contributed by atoms with Gasteiger partial charge >= 0.3 is 5.97 Å². The summed E-state index contributed by atoms with van der Waals surface area (Å²) in [7, 11) is 3.23. The number of carboxylic acids is 1. The van der Waals surface area contributed by atoms with E-state index in [1.54, 1.807) is 21.1 Å². The molecular formula is C15H22O4. The van der Waals surface area contributed by atoms with E-state index in [0.717, 1.165) is 22.6 Å². The lowest BCUT2D eigenvalue weighted by molar-refractivity contribution is -0.141. The molecular weight excluding hydrogens is 244 g/mol. The minimum Gasteiger partial charge on any atom is -0.496 e. The second-order valence-electron chi connectivity index (χ2n) is 4.97. The van der Waals surface area contributed by atoms with Gasteiger partial charge in [0.05, 0.1) is 20.1 Å². The van der Waals surface area contributed by atoms with Gasteiger partial charge in [0.1, 0.15) is 11.5 Å². The Labute approximate surface area is 114 Å². The molecule has 4 nitrogen and oxygen atoms in total. The number of ether oxygens (including phenoxy) is 2. The van der Waals surface area contributed by atoms with Gasteiger partial charge in [-0.05, 0) is 24.0 Å². The number of carbonyl (C=O) groups is 1.